The molecule has 2 heteroatoms. The van der Waals surface area contributed by atoms with Crippen molar-refractivity contribution in [2.24, 2.45) is 10.8 Å². The predicted octanol–water partition coefficient (Wildman–Crippen LogP) is 3.90. The Kier molecular flexibility index (Phi) is 4.07. The quantitative estimate of drug-likeness (QED) is 0.517. The molecule has 0 amide bonds. The van der Waals surface area contributed by atoms with E-state index in [1.807, 2.05) is 0 Å². The van der Waals surface area contributed by atoms with Gasteiger partial charge in [-0.15, -0.1) is 0 Å². The van der Waals surface area contributed by atoms with Gasteiger partial charge in [0.1, 0.15) is 0 Å². The van der Waals surface area contributed by atoms with E-state index < -0.39 is 19.8 Å². The van der Waals surface area contributed by atoms with Gasteiger partial charge in [0.2, 0.25) is 0 Å². The summed E-state index contributed by atoms with van der Waals surface area (Å²) in [5.74, 6) is 0. The first-order valence-corrected chi connectivity index (χ1v) is 11.4. The van der Waals surface area contributed by atoms with Gasteiger partial charge in [0, 0.05) is 0 Å². The molecule has 1 aliphatic heterocycles. The summed E-state index contributed by atoms with van der Waals surface area (Å²) in [7, 11) is 4.52. The Morgan fingerprint density at radius 2 is 1.38 bits per heavy atom. The fraction of sp³-hybridized carbons (Fsp3) is 1.00. The SMILES string of the molecule is CN(C)C1(C)CI(C)CC(C)(C)C(C)(C)C1. The molecule has 0 aromatic rings. The van der Waals surface area contributed by atoms with E-state index >= 15 is 0 Å². The van der Waals surface area contributed by atoms with Crippen molar-refractivity contribution in [2.45, 2.75) is 46.6 Å². The molecule has 0 aromatic heterocycles. The maximum absolute atomic E-state index is 2.58. The van der Waals surface area contributed by atoms with Crippen molar-refractivity contribution in [2.75, 3.05) is 27.9 Å². The van der Waals surface area contributed by atoms with Crippen molar-refractivity contribution < 1.29 is 0 Å². The van der Waals surface area contributed by atoms with Crippen LogP contribution in [-0.2, 0) is 0 Å². The molecule has 1 unspecified atom stereocenters. The summed E-state index contributed by atoms with van der Waals surface area (Å²) < 4.78 is 2.99. The summed E-state index contributed by atoms with van der Waals surface area (Å²) in [6.07, 6.45) is 1.34. The molecule has 0 radical (unpaired) electrons. The second-order valence-corrected chi connectivity index (χ2v) is 13.0. The van der Waals surface area contributed by atoms with Crippen LogP contribution in [-0.4, -0.2) is 38.3 Å². The fourth-order valence-corrected chi connectivity index (χ4v) is 11.1. The summed E-state index contributed by atoms with van der Waals surface area (Å²) in [4.78, 5) is 5.05. The third-order valence-electron chi connectivity index (χ3n) is 4.81. The summed E-state index contributed by atoms with van der Waals surface area (Å²) in [6.45, 7) is 12.4. The molecule has 16 heavy (non-hydrogen) atoms. The standard InChI is InChI=1S/C14H30IN/c1-12(2)9-14(5,16(7)8)11-15(6)10-13(12,3)4/h9-11H2,1-8H3. The molecule has 1 nitrogen and oxygen atoms in total. The molecule has 0 bridgehead atoms. The van der Waals surface area contributed by atoms with Gasteiger partial charge in [-0.1, -0.05) is 0 Å². The molecule has 1 saturated heterocycles. The number of hydrogen-bond acceptors (Lipinski definition) is 1. The third kappa shape index (κ3) is 2.74. The van der Waals surface area contributed by atoms with Gasteiger partial charge in [0.15, 0.2) is 0 Å². The van der Waals surface area contributed by atoms with E-state index in [1.54, 1.807) is 0 Å². The van der Waals surface area contributed by atoms with Gasteiger partial charge in [-0.3, -0.25) is 0 Å². The predicted molar refractivity (Wildman–Crippen MR) is 83.9 cm³/mol. The van der Waals surface area contributed by atoms with Crippen molar-refractivity contribution in [1.82, 2.24) is 4.90 Å². The molecule has 0 saturated carbocycles. The Hall–Kier alpha value is 0.690. The van der Waals surface area contributed by atoms with Crippen LogP contribution in [0.15, 0.2) is 0 Å². The van der Waals surface area contributed by atoms with Crippen LogP contribution in [0.1, 0.15) is 41.0 Å². The second kappa shape index (κ2) is 4.42. The van der Waals surface area contributed by atoms with Gasteiger partial charge < -0.3 is 0 Å². The number of rotatable bonds is 1. The number of nitrogens with zero attached hydrogens (tertiary/aromatic N) is 1. The van der Waals surface area contributed by atoms with Crippen LogP contribution in [0.4, 0.5) is 0 Å². The first kappa shape index (κ1) is 14.7. The first-order chi connectivity index (χ1) is 7.00. The summed E-state index contributed by atoms with van der Waals surface area (Å²) >= 11 is -0.748. The number of hydrogen-bond donors (Lipinski definition) is 0. The fourth-order valence-electron chi connectivity index (χ4n) is 2.81. The normalized spacial score (nSPS) is 36.2. The van der Waals surface area contributed by atoms with Crippen molar-refractivity contribution in [3.63, 3.8) is 0 Å². The van der Waals surface area contributed by atoms with Gasteiger partial charge in [0.05, 0.1) is 0 Å². The van der Waals surface area contributed by atoms with E-state index in [0.29, 0.717) is 16.4 Å². The molecular formula is C14H30IN. The zero-order valence-corrected chi connectivity index (χ0v) is 14.6. The van der Waals surface area contributed by atoms with Gasteiger partial charge in [-0.25, -0.2) is 0 Å². The van der Waals surface area contributed by atoms with E-state index in [4.69, 9.17) is 0 Å². The maximum atomic E-state index is 2.58. The molecule has 1 heterocycles. The zero-order chi connectivity index (χ0) is 12.8. The van der Waals surface area contributed by atoms with Gasteiger partial charge in [0.25, 0.3) is 0 Å². The Balaban J connectivity index is 3.07. The van der Waals surface area contributed by atoms with Crippen molar-refractivity contribution in [3.05, 3.63) is 0 Å². The molecular weight excluding hydrogens is 309 g/mol. The summed E-state index contributed by atoms with van der Waals surface area (Å²) in [5, 5.41) is 0. The third-order valence-corrected chi connectivity index (χ3v) is 11.0. The summed E-state index contributed by atoms with van der Waals surface area (Å²) in [5.41, 5.74) is 1.39. The van der Waals surface area contributed by atoms with Gasteiger partial charge in [-0.05, 0) is 0 Å². The average Bonchev–Trinajstić information content (AvgIpc) is 2.04. The van der Waals surface area contributed by atoms with Crippen molar-refractivity contribution in [1.29, 1.82) is 0 Å². The van der Waals surface area contributed by atoms with Crippen LogP contribution in [0.2, 0.25) is 0 Å². The molecule has 1 aliphatic rings. The van der Waals surface area contributed by atoms with Gasteiger partial charge >= 0.3 is 110 Å². The zero-order valence-electron chi connectivity index (χ0n) is 12.4. The van der Waals surface area contributed by atoms with Crippen LogP contribution in [0, 0.1) is 10.8 Å². The topological polar surface area (TPSA) is 3.24 Å². The number of halogens is 1. The van der Waals surface area contributed by atoms with Crippen LogP contribution in [0.5, 0.6) is 0 Å². The van der Waals surface area contributed by atoms with Crippen LogP contribution < -0.4 is 0 Å². The van der Waals surface area contributed by atoms with E-state index in [-0.39, 0.29) is 0 Å². The molecule has 0 aromatic carbocycles. The second-order valence-electron chi connectivity index (χ2n) is 7.33. The molecule has 0 spiro atoms. The van der Waals surface area contributed by atoms with Crippen LogP contribution in [0.25, 0.3) is 0 Å². The van der Waals surface area contributed by atoms with Crippen molar-refractivity contribution >= 4 is 19.8 Å². The minimum absolute atomic E-state index is 0.427. The van der Waals surface area contributed by atoms with Crippen LogP contribution in [0.3, 0.4) is 0 Å². The molecule has 1 fully saturated rings. The van der Waals surface area contributed by atoms with E-state index in [2.05, 4.69) is 58.5 Å². The number of alkyl halides is 3. The average molecular weight is 339 g/mol. The van der Waals surface area contributed by atoms with Crippen molar-refractivity contribution in [3.8, 4) is 0 Å². The molecule has 98 valence electrons. The summed E-state index contributed by atoms with van der Waals surface area (Å²) in [6, 6.07) is 0. The Bertz CT molecular complexity index is 257. The molecule has 1 rings (SSSR count). The van der Waals surface area contributed by atoms with E-state index in [9.17, 15) is 0 Å². The molecule has 0 aliphatic carbocycles. The van der Waals surface area contributed by atoms with E-state index in [0.717, 1.165) is 0 Å². The Morgan fingerprint density at radius 1 is 0.875 bits per heavy atom. The first-order valence-electron chi connectivity index (χ1n) is 6.19. The molecule has 0 N–H and O–H groups in total. The minimum atomic E-state index is -0.748. The van der Waals surface area contributed by atoms with Crippen LogP contribution >= 0.6 is 19.8 Å². The molecule has 1 atom stereocenters. The Morgan fingerprint density at radius 3 is 1.81 bits per heavy atom. The van der Waals surface area contributed by atoms with Gasteiger partial charge in [-0.2, -0.15) is 0 Å². The van der Waals surface area contributed by atoms with E-state index in [1.165, 1.54) is 15.3 Å². The monoisotopic (exact) mass is 339 g/mol. The Labute approximate surface area is 110 Å².